The van der Waals surface area contributed by atoms with Gasteiger partial charge >= 0.3 is 6.18 Å². The van der Waals surface area contributed by atoms with Crippen LogP contribution in [0.25, 0.3) is 0 Å². The van der Waals surface area contributed by atoms with Gasteiger partial charge in [-0.15, -0.1) is 0 Å². The molecule has 0 heterocycles. The summed E-state index contributed by atoms with van der Waals surface area (Å²) in [6.07, 6.45) is -4.36. The average Bonchev–Trinajstić information content (AvgIpc) is 2.41. The van der Waals surface area contributed by atoms with Gasteiger partial charge in [0.15, 0.2) is 0 Å². The fraction of sp³-hybridized carbons (Fsp3) is 0.600. The van der Waals surface area contributed by atoms with Crippen molar-refractivity contribution in [2.75, 3.05) is 32.2 Å². The summed E-state index contributed by atoms with van der Waals surface area (Å²) in [6, 6.07) is 4.58. The zero-order valence-corrected chi connectivity index (χ0v) is 12.9. The van der Waals surface area contributed by atoms with Crippen molar-refractivity contribution in [3.05, 3.63) is 29.3 Å². The maximum atomic E-state index is 13.2. The highest BCUT2D eigenvalue weighted by Crippen LogP contribution is 2.34. The molecule has 21 heavy (non-hydrogen) atoms. The molecule has 0 bridgehead atoms. The van der Waals surface area contributed by atoms with Crippen molar-refractivity contribution in [2.45, 2.75) is 32.6 Å². The second kappa shape index (κ2) is 7.66. The van der Waals surface area contributed by atoms with Gasteiger partial charge in [0.25, 0.3) is 0 Å². The molecule has 1 N–H and O–H groups in total. The van der Waals surface area contributed by atoms with Crippen LogP contribution >= 0.6 is 0 Å². The van der Waals surface area contributed by atoms with Gasteiger partial charge < -0.3 is 15.0 Å². The van der Waals surface area contributed by atoms with Gasteiger partial charge in [0.2, 0.25) is 0 Å². The molecule has 0 unspecified atom stereocenters. The summed E-state index contributed by atoms with van der Waals surface area (Å²) in [5.74, 6) is 0. The molecule has 0 saturated carbocycles. The lowest BCUT2D eigenvalue weighted by atomic mass is 10.0. The van der Waals surface area contributed by atoms with Gasteiger partial charge in [0, 0.05) is 39.0 Å². The number of rotatable bonds is 7. The van der Waals surface area contributed by atoms with Crippen LogP contribution < -0.4 is 10.2 Å². The van der Waals surface area contributed by atoms with E-state index in [9.17, 15) is 13.2 Å². The predicted octanol–water partition coefficient (Wildman–Crippen LogP) is 3.29. The molecule has 6 heteroatoms. The minimum Gasteiger partial charge on any atom is -0.383 e. The maximum Gasteiger partial charge on any atom is 0.416 e. The molecular formula is C15H23F3N2O. The van der Waals surface area contributed by atoms with E-state index < -0.39 is 11.7 Å². The van der Waals surface area contributed by atoms with E-state index in [2.05, 4.69) is 5.32 Å². The first-order valence-electron chi connectivity index (χ1n) is 6.89. The molecule has 0 saturated heterocycles. The molecule has 0 spiro atoms. The Labute approximate surface area is 124 Å². The Morgan fingerprint density at radius 3 is 2.48 bits per heavy atom. The fourth-order valence-electron chi connectivity index (χ4n) is 1.89. The molecule has 0 radical (unpaired) electrons. The van der Waals surface area contributed by atoms with Gasteiger partial charge in [0.05, 0.1) is 12.2 Å². The first-order valence-corrected chi connectivity index (χ1v) is 6.89. The third-order valence-corrected chi connectivity index (χ3v) is 3.17. The number of benzene rings is 1. The molecule has 1 aromatic rings. The van der Waals surface area contributed by atoms with Crippen LogP contribution in [0, 0.1) is 0 Å². The van der Waals surface area contributed by atoms with E-state index in [0.717, 1.165) is 0 Å². The number of methoxy groups -OCH3 is 1. The van der Waals surface area contributed by atoms with Crippen molar-refractivity contribution in [3.8, 4) is 0 Å². The van der Waals surface area contributed by atoms with Crippen LogP contribution in [0.1, 0.15) is 25.0 Å². The van der Waals surface area contributed by atoms with Gasteiger partial charge in [-0.1, -0.05) is 19.9 Å². The molecule has 1 rings (SSSR count). The highest BCUT2D eigenvalue weighted by atomic mass is 19.4. The lowest BCUT2D eigenvalue weighted by Crippen LogP contribution is -2.25. The van der Waals surface area contributed by atoms with Crippen molar-refractivity contribution in [2.24, 2.45) is 0 Å². The van der Waals surface area contributed by atoms with Crippen LogP contribution in [0.15, 0.2) is 18.2 Å². The van der Waals surface area contributed by atoms with Crippen LogP contribution in [-0.4, -0.2) is 33.4 Å². The first kappa shape index (κ1) is 17.8. The van der Waals surface area contributed by atoms with Gasteiger partial charge in [-0.3, -0.25) is 0 Å². The molecule has 0 aliphatic heterocycles. The monoisotopic (exact) mass is 304 g/mol. The second-order valence-electron chi connectivity index (χ2n) is 5.29. The molecule has 120 valence electrons. The largest absolute Gasteiger partial charge is 0.416 e. The van der Waals surface area contributed by atoms with Crippen LogP contribution in [0.4, 0.5) is 18.9 Å². The van der Waals surface area contributed by atoms with Gasteiger partial charge in [0.1, 0.15) is 0 Å². The number of hydrogen-bond acceptors (Lipinski definition) is 3. The van der Waals surface area contributed by atoms with Crippen molar-refractivity contribution in [1.29, 1.82) is 0 Å². The van der Waals surface area contributed by atoms with E-state index in [1.54, 1.807) is 25.1 Å². The number of ether oxygens (including phenoxy) is 1. The SMILES string of the molecule is COCCN(C)c1ccc(CNC(C)C)c(C(F)(F)F)c1. The Kier molecular flexibility index (Phi) is 6.48. The Balaban J connectivity index is 3.01. The summed E-state index contributed by atoms with van der Waals surface area (Å²) >= 11 is 0. The van der Waals surface area contributed by atoms with Crippen LogP contribution in [0.2, 0.25) is 0 Å². The minimum atomic E-state index is -4.36. The van der Waals surface area contributed by atoms with E-state index in [0.29, 0.717) is 18.8 Å². The normalized spacial score (nSPS) is 12.0. The van der Waals surface area contributed by atoms with Gasteiger partial charge in [-0.25, -0.2) is 0 Å². The average molecular weight is 304 g/mol. The van der Waals surface area contributed by atoms with Crippen molar-refractivity contribution in [3.63, 3.8) is 0 Å². The number of alkyl halides is 3. The van der Waals surface area contributed by atoms with Gasteiger partial charge in [-0.05, 0) is 17.7 Å². The van der Waals surface area contributed by atoms with E-state index in [1.807, 2.05) is 13.8 Å². The predicted molar refractivity (Wildman–Crippen MR) is 78.6 cm³/mol. The smallest absolute Gasteiger partial charge is 0.383 e. The number of likely N-dealkylation sites (N-methyl/N-ethyl adjacent to an activating group) is 1. The van der Waals surface area contributed by atoms with Gasteiger partial charge in [-0.2, -0.15) is 13.2 Å². The Bertz CT molecular complexity index is 447. The summed E-state index contributed by atoms with van der Waals surface area (Å²) in [7, 11) is 3.32. The van der Waals surface area contributed by atoms with Crippen LogP contribution in [0.5, 0.6) is 0 Å². The molecule has 1 aromatic carbocycles. The van der Waals surface area contributed by atoms with E-state index >= 15 is 0 Å². The Hall–Kier alpha value is -1.27. The summed E-state index contributed by atoms with van der Waals surface area (Å²) < 4.78 is 44.5. The summed E-state index contributed by atoms with van der Waals surface area (Å²) in [6.45, 7) is 5.01. The van der Waals surface area contributed by atoms with E-state index in [1.165, 1.54) is 12.1 Å². The molecule has 0 fully saturated rings. The molecule has 0 aromatic heterocycles. The molecule has 0 aliphatic rings. The maximum absolute atomic E-state index is 13.2. The molecule has 0 aliphatic carbocycles. The van der Waals surface area contributed by atoms with Crippen molar-refractivity contribution < 1.29 is 17.9 Å². The molecule has 0 amide bonds. The van der Waals surface area contributed by atoms with Crippen LogP contribution in [-0.2, 0) is 17.5 Å². The quantitative estimate of drug-likeness (QED) is 0.836. The summed E-state index contributed by atoms with van der Waals surface area (Å²) in [4.78, 5) is 1.75. The minimum absolute atomic E-state index is 0.134. The number of anilines is 1. The summed E-state index contributed by atoms with van der Waals surface area (Å²) in [5.41, 5.74) is 0.213. The highest BCUT2D eigenvalue weighted by Gasteiger charge is 2.33. The topological polar surface area (TPSA) is 24.5 Å². The van der Waals surface area contributed by atoms with Crippen molar-refractivity contribution in [1.82, 2.24) is 5.32 Å². The van der Waals surface area contributed by atoms with E-state index in [4.69, 9.17) is 4.74 Å². The summed E-state index contributed by atoms with van der Waals surface area (Å²) in [5, 5.41) is 3.02. The standard InChI is InChI=1S/C15H23F3N2O/c1-11(2)19-10-12-5-6-13(20(3)7-8-21-4)9-14(12)15(16,17)18/h5-6,9,11,19H,7-8,10H2,1-4H3. The second-order valence-corrected chi connectivity index (χ2v) is 5.29. The Morgan fingerprint density at radius 1 is 1.29 bits per heavy atom. The number of halogens is 3. The van der Waals surface area contributed by atoms with E-state index in [-0.39, 0.29) is 18.2 Å². The lowest BCUT2D eigenvalue weighted by molar-refractivity contribution is -0.138. The van der Waals surface area contributed by atoms with Crippen molar-refractivity contribution >= 4 is 5.69 Å². The zero-order chi connectivity index (χ0) is 16.0. The third kappa shape index (κ3) is 5.55. The van der Waals surface area contributed by atoms with Crippen LogP contribution in [0.3, 0.4) is 0 Å². The number of nitrogens with one attached hydrogen (secondary N) is 1. The third-order valence-electron chi connectivity index (χ3n) is 3.17. The zero-order valence-electron chi connectivity index (χ0n) is 12.9. The fourth-order valence-corrected chi connectivity index (χ4v) is 1.89. The molecule has 0 atom stereocenters. The number of hydrogen-bond donors (Lipinski definition) is 1. The molecule has 3 nitrogen and oxygen atoms in total. The Morgan fingerprint density at radius 2 is 1.95 bits per heavy atom. The first-order chi connectivity index (χ1) is 9.75. The highest BCUT2D eigenvalue weighted by molar-refractivity contribution is 5.51. The number of nitrogens with zero attached hydrogens (tertiary/aromatic N) is 1. The lowest BCUT2D eigenvalue weighted by Gasteiger charge is -2.22. The molecular weight excluding hydrogens is 281 g/mol.